The molecule has 3 aliphatic heterocycles. The molecule has 0 unspecified atom stereocenters. The van der Waals surface area contributed by atoms with Gasteiger partial charge in [-0.2, -0.15) is 0 Å². The number of aliphatic hydroxyl groups is 1. The molecule has 0 amide bonds. The van der Waals surface area contributed by atoms with Crippen LogP contribution in [0.5, 0.6) is 5.75 Å². The maximum Gasteiger partial charge on any atom is 0.118 e. The molecule has 246 valence electrons. The van der Waals surface area contributed by atoms with Crippen molar-refractivity contribution in [3.63, 3.8) is 0 Å². The fourth-order valence-electron chi connectivity index (χ4n) is 9.15. The molecule has 1 saturated carbocycles. The zero-order chi connectivity index (χ0) is 30.7. The van der Waals surface area contributed by atoms with Crippen LogP contribution in [-0.2, 0) is 16.1 Å². The van der Waals surface area contributed by atoms with Crippen LogP contribution in [0, 0.1) is 17.3 Å². The van der Waals surface area contributed by atoms with E-state index in [0.29, 0.717) is 25.0 Å². The third-order valence-corrected chi connectivity index (χ3v) is 11.7. The van der Waals surface area contributed by atoms with Gasteiger partial charge in [-0.05, 0) is 105 Å². The molecule has 6 nitrogen and oxygen atoms in total. The summed E-state index contributed by atoms with van der Waals surface area (Å²) in [5, 5.41) is 15.2. The summed E-state index contributed by atoms with van der Waals surface area (Å²) in [6.45, 7) is 5.67. The third-order valence-electron chi connectivity index (χ3n) is 11.2. The fourth-order valence-corrected chi connectivity index (χ4v) is 9.44. The van der Waals surface area contributed by atoms with E-state index in [4.69, 9.17) is 14.2 Å². The van der Waals surface area contributed by atoms with Crippen LogP contribution in [0.4, 0.5) is 0 Å². The molecule has 2 N–H and O–H groups in total. The van der Waals surface area contributed by atoms with Gasteiger partial charge in [-0.25, -0.2) is 0 Å². The number of halogens is 1. The van der Waals surface area contributed by atoms with Crippen molar-refractivity contribution in [3.05, 3.63) is 52.1 Å². The van der Waals surface area contributed by atoms with Crippen molar-refractivity contribution >= 4 is 22.6 Å². The standard InChI is InChI=1S/C37H57IN2O4/c1-42-32-17-15-30(16-18-32)27-43-34-28-44-35-36(29-41)20-11-7-3-2-6-10-14-23-40-24-19-33(37(34,35)40)31(25-36)26-39-22-13-9-5-4-8-12-21-38/h4-5,12,15-18,21,31,33-35,39,41H,2-3,6-11,13-14,19-20,22-29H2,1H3/b5-4-,21-12-/t31-,33-,34-,35-,36+,37+/m1/s1. The Morgan fingerprint density at radius 2 is 1.84 bits per heavy atom. The molecule has 44 heavy (non-hydrogen) atoms. The van der Waals surface area contributed by atoms with E-state index in [0.717, 1.165) is 64.0 Å². The van der Waals surface area contributed by atoms with E-state index in [-0.39, 0.29) is 29.8 Å². The van der Waals surface area contributed by atoms with Crippen molar-refractivity contribution < 1.29 is 19.3 Å². The lowest BCUT2D eigenvalue weighted by molar-refractivity contribution is -0.168. The molecule has 5 rings (SSSR count). The molecule has 3 saturated heterocycles. The first-order valence-corrected chi connectivity index (χ1v) is 18.8. The van der Waals surface area contributed by atoms with E-state index in [1.807, 2.05) is 12.1 Å². The van der Waals surface area contributed by atoms with Gasteiger partial charge in [0.05, 0.1) is 38.6 Å². The average molecular weight is 721 g/mol. The highest BCUT2D eigenvalue weighted by atomic mass is 127. The van der Waals surface area contributed by atoms with Crippen molar-refractivity contribution in [1.29, 1.82) is 0 Å². The van der Waals surface area contributed by atoms with Gasteiger partial charge in [-0.1, -0.05) is 91.5 Å². The summed E-state index contributed by atoms with van der Waals surface area (Å²) < 4.78 is 21.4. The molecule has 1 spiro atoms. The molecule has 1 aromatic rings. The Morgan fingerprint density at radius 3 is 2.61 bits per heavy atom. The predicted molar refractivity (Wildman–Crippen MR) is 187 cm³/mol. The van der Waals surface area contributed by atoms with E-state index in [1.54, 1.807) is 7.11 Å². The van der Waals surface area contributed by atoms with Crippen LogP contribution in [0.2, 0.25) is 0 Å². The third kappa shape index (κ3) is 7.76. The summed E-state index contributed by atoms with van der Waals surface area (Å²) in [4.78, 5) is 2.80. The van der Waals surface area contributed by atoms with Crippen molar-refractivity contribution in [1.82, 2.24) is 10.2 Å². The lowest BCUT2D eigenvalue weighted by atomic mass is 9.53. The predicted octanol–water partition coefficient (Wildman–Crippen LogP) is 7.44. The Hall–Kier alpha value is -0.970. The minimum absolute atomic E-state index is 0.00249. The second-order valence-corrected chi connectivity index (χ2v) is 14.5. The largest absolute Gasteiger partial charge is 0.497 e. The number of unbranched alkanes of at least 4 members (excludes halogenated alkanes) is 1. The highest BCUT2D eigenvalue weighted by Gasteiger charge is 2.71. The van der Waals surface area contributed by atoms with Gasteiger partial charge < -0.3 is 24.6 Å². The van der Waals surface area contributed by atoms with E-state index in [2.05, 4.69) is 67.3 Å². The smallest absolute Gasteiger partial charge is 0.118 e. The first kappa shape index (κ1) is 34.4. The van der Waals surface area contributed by atoms with Crippen LogP contribution in [0.1, 0.15) is 89.0 Å². The average Bonchev–Trinajstić information content (AvgIpc) is 3.63. The van der Waals surface area contributed by atoms with Gasteiger partial charge in [0.25, 0.3) is 0 Å². The summed E-state index contributed by atoms with van der Waals surface area (Å²) in [7, 11) is 1.71. The monoisotopic (exact) mass is 720 g/mol. The molecular formula is C37H57IN2O4. The molecular weight excluding hydrogens is 663 g/mol. The van der Waals surface area contributed by atoms with Gasteiger partial charge in [0.15, 0.2) is 0 Å². The Labute approximate surface area is 280 Å². The molecule has 6 atom stereocenters. The number of methoxy groups -OCH3 is 1. The molecule has 3 heterocycles. The van der Waals surface area contributed by atoms with E-state index in [9.17, 15) is 5.11 Å². The molecule has 1 aliphatic carbocycles. The maximum absolute atomic E-state index is 11.3. The molecule has 0 radical (unpaired) electrons. The van der Waals surface area contributed by atoms with Gasteiger partial charge in [-0.15, -0.1) is 0 Å². The highest BCUT2D eigenvalue weighted by Crippen LogP contribution is 2.61. The van der Waals surface area contributed by atoms with Crippen LogP contribution >= 0.6 is 22.6 Å². The number of nitrogens with zero attached hydrogens (tertiary/aromatic N) is 1. The van der Waals surface area contributed by atoms with Crippen LogP contribution in [0.3, 0.4) is 0 Å². The molecule has 1 aromatic carbocycles. The highest BCUT2D eigenvalue weighted by molar-refractivity contribution is 14.1. The summed E-state index contributed by atoms with van der Waals surface area (Å²) in [5.74, 6) is 1.88. The first-order valence-electron chi connectivity index (χ1n) is 17.5. The molecule has 4 fully saturated rings. The number of benzene rings is 1. The summed E-state index contributed by atoms with van der Waals surface area (Å²) >= 11 is 2.28. The van der Waals surface area contributed by atoms with Crippen molar-refractivity contribution in [2.24, 2.45) is 17.3 Å². The maximum atomic E-state index is 11.3. The lowest BCUT2D eigenvalue weighted by Crippen LogP contribution is -2.70. The number of aliphatic hydroxyl groups excluding tert-OH is 1. The zero-order valence-corrected chi connectivity index (χ0v) is 29.2. The zero-order valence-electron chi connectivity index (χ0n) is 27.1. The van der Waals surface area contributed by atoms with Crippen LogP contribution in [-0.4, -0.2) is 74.3 Å². The normalized spacial score (nSPS) is 33.2. The van der Waals surface area contributed by atoms with Crippen molar-refractivity contribution in [2.45, 2.75) is 108 Å². The van der Waals surface area contributed by atoms with Crippen LogP contribution in [0.25, 0.3) is 0 Å². The van der Waals surface area contributed by atoms with Gasteiger partial charge in [0, 0.05) is 5.41 Å². The SMILES string of the molecule is COc1ccc(CO[C@@H]2CO[C@@H]3[C@@]4(CO)CCCCCCCCCN5CC[C@H]([C@@H](CNCCC/C=C\C/C=C\I)C4)[C@@]325)cc1. The second kappa shape index (κ2) is 17.3. The quantitative estimate of drug-likeness (QED) is 0.126. The van der Waals surface area contributed by atoms with Crippen LogP contribution in [0.15, 0.2) is 46.6 Å². The Balaban J connectivity index is 1.38. The minimum Gasteiger partial charge on any atom is -0.497 e. The van der Waals surface area contributed by atoms with Gasteiger partial charge in [0.2, 0.25) is 0 Å². The topological polar surface area (TPSA) is 63.2 Å². The number of nitrogens with one attached hydrogen (secondary N) is 1. The Morgan fingerprint density at radius 1 is 1.05 bits per heavy atom. The number of hydrogen-bond donors (Lipinski definition) is 2. The number of allylic oxidation sites excluding steroid dienone is 3. The number of rotatable bonds is 13. The van der Waals surface area contributed by atoms with Crippen LogP contribution < -0.4 is 10.1 Å². The van der Waals surface area contributed by atoms with E-state index < -0.39 is 0 Å². The molecule has 7 heteroatoms. The van der Waals surface area contributed by atoms with E-state index >= 15 is 0 Å². The van der Waals surface area contributed by atoms with Gasteiger partial charge in [0.1, 0.15) is 11.9 Å². The first-order chi connectivity index (χ1) is 21.7. The molecule has 2 bridgehead atoms. The Kier molecular flexibility index (Phi) is 13.5. The van der Waals surface area contributed by atoms with Gasteiger partial charge >= 0.3 is 0 Å². The lowest BCUT2D eigenvalue weighted by Gasteiger charge is -2.58. The van der Waals surface area contributed by atoms with Gasteiger partial charge in [-0.3, -0.25) is 4.90 Å². The van der Waals surface area contributed by atoms with Crippen molar-refractivity contribution in [3.8, 4) is 5.75 Å². The summed E-state index contributed by atoms with van der Waals surface area (Å²) in [6.07, 6.45) is 22.4. The van der Waals surface area contributed by atoms with Crippen molar-refractivity contribution in [2.75, 3.05) is 46.5 Å². The second-order valence-electron chi connectivity index (χ2n) is 13.8. The Bertz CT molecular complexity index is 1050. The number of hydrogen-bond acceptors (Lipinski definition) is 6. The molecule has 4 aliphatic rings. The fraction of sp³-hybridized carbons (Fsp3) is 0.730. The van der Waals surface area contributed by atoms with E-state index in [1.165, 1.54) is 56.9 Å². The molecule has 0 aromatic heterocycles. The number of ether oxygens (including phenoxy) is 3. The summed E-state index contributed by atoms with van der Waals surface area (Å²) in [6, 6.07) is 8.27. The minimum atomic E-state index is -0.216. The summed E-state index contributed by atoms with van der Waals surface area (Å²) in [5.41, 5.74) is 0.773.